The monoisotopic (exact) mass is 439 g/mol. The minimum Gasteiger partial charge on any atom is -0.481 e. The van der Waals surface area contributed by atoms with E-state index < -0.39 is 16.0 Å². The molecule has 0 bridgehead atoms. The number of carbonyl (C=O) groups is 1. The van der Waals surface area contributed by atoms with Crippen molar-refractivity contribution in [1.82, 2.24) is 4.72 Å². The summed E-state index contributed by atoms with van der Waals surface area (Å²) < 4.78 is 28.7. The van der Waals surface area contributed by atoms with Crippen LogP contribution in [0.4, 0.5) is 0 Å². The van der Waals surface area contributed by atoms with Gasteiger partial charge in [-0.2, -0.15) is 0 Å². The molecule has 1 fully saturated rings. The molecule has 0 aliphatic heterocycles. The van der Waals surface area contributed by atoms with Crippen molar-refractivity contribution < 1.29 is 18.3 Å². The fourth-order valence-corrected chi connectivity index (χ4v) is 5.48. The summed E-state index contributed by atoms with van der Waals surface area (Å²) in [4.78, 5) is 11.1. The summed E-state index contributed by atoms with van der Waals surface area (Å²) in [5, 5.41) is 8.95. The zero-order valence-corrected chi connectivity index (χ0v) is 15.0. The van der Waals surface area contributed by atoms with Crippen LogP contribution in [0.5, 0.6) is 0 Å². The number of carboxylic acid groups (broad SMARTS) is 1. The summed E-state index contributed by atoms with van der Waals surface area (Å²) >= 11 is 6.53. The Kier molecular flexibility index (Phi) is 5.45. The van der Waals surface area contributed by atoms with Gasteiger partial charge in [0.15, 0.2) is 0 Å². The van der Waals surface area contributed by atoms with Gasteiger partial charge in [-0.25, -0.2) is 13.1 Å². The first kappa shape index (κ1) is 16.9. The molecule has 0 unspecified atom stereocenters. The first-order valence-electron chi connectivity index (χ1n) is 6.50. The van der Waals surface area contributed by atoms with Gasteiger partial charge in [-0.15, -0.1) is 0 Å². The van der Waals surface area contributed by atoms with Crippen molar-refractivity contribution in [3.63, 3.8) is 0 Å². The first-order chi connectivity index (χ1) is 9.79. The smallest absolute Gasteiger partial charge is 0.306 e. The number of benzene rings is 1. The summed E-state index contributed by atoms with van der Waals surface area (Å²) in [7, 11) is -3.61. The number of hydrogen-bond donors (Lipinski definition) is 2. The van der Waals surface area contributed by atoms with Crippen LogP contribution in [0.15, 0.2) is 32.0 Å². The van der Waals surface area contributed by atoms with Crippen molar-refractivity contribution >= 4 is 47.9 Å². The number of rotatable bonds is 4. The maximum absolute atomic E-state index is 12.4. The van der Waals surface area contributed by atoms with Crippen molar-refractivity contribution in [2.45, 2.75) is 36.6 Å². The van der Waals surface area contributed by atoms with E-state index in [0.717, 1.165) is 4.47 Å². The van der Waals surface area contributed by atoms with Gasteiger partial charge in [0.1, 0.15) is 0 Å². The Morgan fingerprint density at radius 3 is 2.33 bits per heavy atom. The molecular weight excluding hydrogens is 426 g/mol. The van der Waals surface area contributed by atoms with Crippen LogP contribution in [0.25, 0.3) is 0 Å². The lowest BCUT2D eigenvalue weighted by molar-refractivity contribution is -0.142. The molecule has 2 rings (SSSR count). The third-order valence-electron chi connectivity index (χ3n) is 3.58. The second kappa shape index (κ2) is 6.76. The van der Waals surface area contributed by atoms with Crippen molar-refractivity contribution in [1.29, 1.82) is 0 Å². The molecule has 0 amide bonds. The lowest BCUT2D eigenvalue weighted by Gasteiger charge is -2.26. The van der Waals surface area contributed by atoms with E-state index in [4.69, 9.17) is 5.11 Å². The molecule has 0 spiro atoms. The molecule has 21 heavy (non-hydrogen) atoms. The Hall–Kier alpha value is -0.440. The summed E-state index contributed by atoms with van der Waals surface area (Å²) in [6, 6.07) is 4.66. The fraction of sp³-hybridized carbons (Fsp3) is 0.462. The molecule has 1 aliphatic carbocycles. The topological polar surface area (TPSA) is 83.5 Å². The standard InChI is InChI=1S/C13H15Br2NO4S/c14-9-3-6-12(11(15)7-9)21(19,20)16-10-4-1-8(2-5-10)13(17)18/h3,6-8,10,16H,1-2,4-5H2,(H,17,18). The summed E-state index contributed by atoms with van der Waals surface area (Å²) in [6.07, 6.45) is 2.10. The average molecular weight is 441 g/mol. The molecule has 1 saturated carbocycles. The first-order valence-corrected chi connectivity index (χ1v) is 9.56. The van der Waals surface area contributed by atoms with Crippen molar-refractivity contribution in [2.75, 3.05) is 0 Å². The predicted octanol–water partition coefficient (Wildman–Crippen LogP) is 3.13. The van der Waals surface area contributed by atoms with Crippen LogP contribution < -0.4 is 4.72 Å². The molecule has 8 heteroatoms. The Morgan fingerprint density at radius 2 is 1.81 bits per heavy atom. The van der Waals surface area contributed by atoms with Gasteiger partial charge in [0.25, 0.3) is 0 Å². The van der Waals surface area contributed by atoms with E-state index >= 15 is 0 Å². The molecule has 0 radical (unpaired) electrons. The van der Waals surface area contributed by atoms with Gasteiger partial charge in [0.05, 0.1) is 10.8 Å². The molecule has 5 nitrogen and oxygen atoms in total. The lowest BCUT2D eigenvalue weighted by Crippen LogP contribution is -2.38. The van der Waals surface area contributed by atoms with Crippen molar-refractivity contribution in [3.8, 4) is 0 Å². The molecule has 0 heterocycles. The maximum atomic E-state index is 12.4. The molecule has 0 saturated heterocycles. The van der Waals surface area contributed by atoms with E-state index in [2.05, 4.69) is 36.6 Å². The summed E-state index contributed by atoms with van der Waals surface area (Å²) in [5.41, 5.74) is 0. The quantitative estimate of drug-likeness (QED) is 0.753. The molecule has 116 valence electrons. The summed E-state index contributed by atoms with van der Waals surface area (Å²) in [5.74, 6) is -1.16. The van der Waals surface area contributed by atoms with Gasteiger partial charge >= 0.3 is 5.97 Å². The molecule has 1 aromatic carbocycles. The lowest BCUT2D eigenvalue weighted by atomic mass is 9.87. The average Bonchev–Trinajstić information content (AvgIpc) is 2.38. The molecule has 0 atom stereocenters. The number of sulfonamides is 1. The van der Waals surface area contributed by atoms with E-state index in [1.54, 1.807) is 12.1 Å². The van der Waals surface area contributed by atoms with Gasteiger partial charge in [0, 0.05) is 15.0 Å². The number of nitrogens with one attached hydrogen (secondary N) is 1. The number of aliphatic carboxylic acids is 1. The zero-order valence-electron chi connectivity index (χ0n) is 11.1. The van der Waals surface area contributed by atoms with Crippen LogP contribution in [-0.4, -0.2) is 25.5 Å². The highest BCUT2D eigenvalue weighted by Gasteiger charge is 2.29. The van der Waals surface area contributed by atoms with Gasteiger partial charge in [0.2, 0.25) is 10.0 Å². The van der Waals surface area contributed by atoms with Crippen LogP contribution in [0.1, 0.15) is 25.7 Å². The second-order valence-corrected chi connectivity index (χ2v) is 8.54. The predicted molar refractivity (Wildman–Crippen MR) is 85.5 cm³/mol. The maximum Gasteiger partial charge on any atom is 0.306 e. The minimum atomic E-state index is -3.61. The van der Waals surface area contributed by atoms with Crippen LogP contribution in [0.3, 0.4) is 0 Å². The number of hydrogen-bond acceptors (Lipinski definition) is 3. The van der Waals surface area contributed by atoms with Crippen LogP contribution in [0, 0.1) is 5.92 Å². The zero-order chi connectivity index (χ0) is 15.6. The van der Waals surface area contributed by atoms with E-state index in [9.17, 15) is 13.2 Å². The Balaban J connectivity index is 2.07. The largest absolute Gasteiger partial charge is 0.481 e. The highest BCUT2D eigenvalue weighted by molar-refractivity contribution is 9.11. The van der Waals surface area contributed by atoms with Gasteiger partial charge in [-0.1, -0.05) is 15.9 Å². The van der Waals surface area contributed by atoms with Crippen LogP contribution >= 0.6 is 31.9 Å². The summed E-state index contributed by atoms with van der Waals surface area (Å²) in [6.45, 7) is 0. The van der Waals surface area contributed by atoms with Crippen molar-refractivity contribution in [2.24, 2.45) is 5.92 Å². The minimum absolute atomic E-state index is 0.186. The van der Waals surface area contributed by atoms with E-state index in [-0.39, 0.29) is 16.9 Å². The van der Waals surface area contributed by atoms with Crippen LogP contribution in [0.2, 0.25) is 0 Å². The fourth-order valence-electron chi connectivity index (χ4n) is 2.43. The third-order valence-corrected chi connectivity index (χ3v) is 6.57. The van der Waals surface area contributed by atoms with E-state index in [1.807, 2.05) is 0 Å². The van der Waals surface area contributed by atoms with Crippen molar-refractivity contribution in [3.05, 3.63) is 27.1 Å². The third kappa shape index (κ3) is 4.28. The van der Waals surface area contributed by atoms with Gasteiger partial charge in [-0.3, -0.25) is 4.79 Å². The number of halogens is 2. The van der Waals surface area contributed by atoms with E-state index in [1.165, 1.54) is 6.07 Å². The molecule has 1 aliphatic rings. The normalized spacial score (nSPS) is 23.0. The van der Waals surface area contributed by atoms with Gasteiger partial charge in [-0.05, 0) is 59.8 Å². The second-order valence-electron chi connectivity index (χ2n) is 5.08. The van der Waals surface area contributed by atoms with Gasteiger partial charge < -0.3 is 5.11 Å². The molecule has 1 aromatic rings. The number of carboxylic acids is 1. The molecular formula is C13H15Br2NO4S. The Morgan fingerprint density at radius 1 is 1.19 bits per heavy atom. The molecule has 0 aromatic heterocycles. The van der Waals surface area contributed by atoms with E-state index in [0.29, 0.717) is 30.2 Å². The molecule has 2 N–H and O–H groups in total. The Bertz CT molecular complexity index is 640. The van der Waals surface area contributed by atoms with Crippen LogP contribution in [-0.2, 0) is 14.8 Å². The highest BCUT2D eigenvalue weighted by atomic mass is 79.9. The SMILES string of the molecule is O=C(O)C1CCC(NS(=O)(=O)c2ccc(Br)cc2Br)CC1. The highest BCUT2D eigenvalue weighted by Crippen LogP contribution is 2.28. The Labute approximate surface area is 140 Å².